The molecule has 4 heteroatoms. The predicted octanol–water partition coefficient (Wildman–Crippen LogP) is 1.06. The number of halogens is 1. The van der Waals surface area contributed by atoms with Gasteiger partial charge in [-0.15, -0.1) is 0 Å². The highest BCUT2D eigenvalue weighted by molar-refractivity contribution is 7.79. The van der Waals surface area contributed by atoms with Crippen LogP contribution in [0.1, 0.15) is 0 Å². The van der Waals surface area contributed by atoms with Crippen LogP contribution in [0.4, 0.5) is 4.39 Å². The Morgan fingerprint density at radius 2 is 2.20 bits per heavy atom. The molecule has 10 heavy (non-hydrogen) atoms. The molecule has 0 amide bonds. The smallest absolute Gasteiger partial charge is 0.124 e. The molecular weight excluding hydrogens is 155 g/mol. The van der Waals surface area contributed by atoms with Gasteiger partial charge in [0.15, 0.2) is 0 Å². The van der Waals surface area contributed by atoms with E-state index in [1.54, 1.807) is 0 Å². The summed E-state index contributed by atoms with van der Waals surface area (Å²) in [5.74, 6) is -0.540. The van der Waals surface area contributed by atoms with E-state index < -0.39 is 16.9 Å². The van der Waals surface area contributed by atoms with Gasteiger partial charge >= 0.3 is 0 Å². The van der Waals surface area contributed by atoms with E-state index in [-0.39, 0.29) is 4.90 Å². The molecule has 0 N–H and O–H groups in total. The zero-order chi connectivity index (χ0) is 7.56. The maximum Gasteiger partial charge on any atom is 0.124 e. The molecular formula is C6H4FO2S-. The quantitative estimate of drug-likeness (QED) is 0.575. The number of hydrogen-bond donors (Lipinski definition) is 0. The molecule has 0 saturated carbocycles. The maximum absolute atomic E-state index is 12.3. The molecule has 0 aliphatic heterocycles. The van der Waals surface area contributed by atoms with Crippen molar-refractivity contribution < 1.29 is 13.2 Å². The molecule has 0 bridgehead atoms. The van der Waals surface area contributed by atoms with E-state index >= 15 is 0 Å². The molecule has 54 valence electrons. The largest absolute Gasteiger partial charge is 0.768 e. The summed E-state index contributed by atoms with van der Waals surface area (Å²) >= 11 is -2.33. The van der Waals surface area contributed by atoms with E-state index in [0.29, 0.717) is 0 Å². The minimum Gasteiger partial charge on any atom is -0.768 e. The summed E-state index contributed by atoms with van der Waals surface area (Å²) in [6.07, 6.45) is 0. The SMILES string of the molecule is O=S([O-])c1cccc(F)c1. The Morgan fingerprint density at radius 3 is 2.60 bits per heavy atom. The van der Waals surface area contributed by atoms with Crippen LogP contribution in [-0.4, -0.2) is 8.76 Å². The van der Waals surface area contributed by atoms with Gasteiger partial charge in [-0.1, -0.05) is 6.07 Å². The van der Waals surface area contributed by atoms with Gasteiger partial charge < -0.3 is 4.55 Å². The van der Waals surface area contributed by atoms with E-state index in [9.17, 15) is 13.2 Å². The fraction of sp³-hybridized carbons (Fsp3) is 0. The van der Waals surface area contributed by atoms with Gasteiger partial charge in [-0.3, -0.25) is 4.21 Å². The van der Waals surface area contributed by atoms with Crippen molar-refractivity contribution in [1.82, 2.24) is 0 Å². The van der Waals surface area contributed by atoms with Crippen molar-refractivity contribution in [2.24, 2.45) is 0 Å². The topological polar surface area (TPSA) is 40.1 Å². The zero-order valence-electron chi connectivity index (χ0n) is 4.91. The Balaban J connectivity index is 3.07. The monoisotopic (exact) mass is 159 g/mol. The van der Waals surface area contributed by atoms with Gasteiger partial charge in [0.2, 0.25) is 0 Å². The minimum absolute atomic E-state index is 0.0278. The van der Waals surface area contributed by atoms with Crippen LogP contribution in [-0.2, 0) is 11.1 Å². The molecule has 0 aromatic heterocycles. The maximum atomic E-state index is 12.3. The Bertz CT molecular complexity index is 262. The number of hydrogen-bond acceptors (Lipinski definition) is 2. The van der Waals surface area contributed by atoms with Crippen LogP contribution in [0.3, 0.4) is 0 Å². The summed E-state index contributed by atoms with van der Waals surface area (Å²) in [5.41, 5.74) is 0. The fourth-order valence-electron chi connectivity index (χ4n) is 0.571. The molecule has 1 atom stereocenters. The lowest BCUT2D eigenvalue weighted by Gasteiger charge is -2.02. The molecule has 0 aliphatic rings. The molecule has 0 aliphatic carbocycles. The standard InChI is InChI=1S/C6H5FO2S/c7-5-2-1-3-6(4-5)10(8)9/h1-4H,(H,8,9)/p-1. The highest BCUT2D eigenvalue weighted by atomic mass is 32.2. The molecule has 1 aromatic rings. The molecule has 1 rings (SSSR count). The zero-order valence-corrected chi connectivity index (χ0v) is 5.73. The molecule has 0 fully saturated rings. The Kier molecular flexibility index (Phi) is 2.13. The predicted molar refractivity (Wildman–Crippen MR) is 33.6 cm³/mol. The number of rotatable bonds is 1. The van der Waals surface area contributed by atoms with Crippen LogP contribution in [0.2, 0.25) is 0 Å². The van der Waals surface area contributed by atoms with Gasteiger partial charge in [0.25, 0.3) is 0 Å². The van der Waals surface area contributed by atoms with E-state index in [4.69, 9.17) is 0 Å². The molecule has 2 nitrogen and oxygen atoms in total. The normalized spacial score (nSPS) is 13.0. The summed E-state index contributed by atoms with van der Waals surface area (Å²) in [6, 6.07) is 4.83. The summed E-state index contributed by atoms with van der Waals surface area (Å²) < 4.78 is 32.6. The van der Waals surface area contributed by atoms with Crippen molar-refractivity contribution in [2.45, 2.75) is 4.90 Å². The van der Waals surface area contributed by atoms with Gasteiger partial charge in [0.1, 0.15) is 5.82 Å². The van der Waals surface area contributed by atoms with Crippen LogP contribution < -0.4 is 0 Å². The Morgan fingerprint density at radius 1 is 1.50 bits per heavy atom. The first-order valence-electron chi connectivity index (χ1n) is 2.55. The fourth-order valence-corrected chi connectivity index (χ4v) is 0.969. The van der Waals surface area contributed by atoms with Crippen molar-refractivity contribution >= 4 is 11.1 Å². The first-order chi connectivity index (χ1) is 4.70. The second-order valence-electron chi connectivity index (χ2n) is 1.69. The molecule has 0 radical (unpaired) electrons. The highest BCUT2D eigenvalue weighted by Crippen LogP contribution is 2.05. The van der Waals surface area contributed by atoms with Crippen molar-refractivity contribution in [1.29, 1.82) is 0 Å². The second-order valence-corrected chi connectivity index (χ2v) is 2.63. The van der Waals surface area contributed by atoms with Crippen molar-refractivity contribution in [3.63, 3.8) is 0 Å². The molecule has 0 heterocycles. The summed E-state index contributed by atoms with van der Waals surface area (Å²) in [5, 5.41) is 0. The van der Waals surface area contributed by atoms with Crippen LogP contribution in [0, 0.1) is 5.82 Å². The third-order valence-electron chi connectivity index (χ3n) is 0.989. The lowest BCUT2D eigenvalue weighted by Crippen LogP contribution is -1.88. The summed E-state index contributed by atoms with van der Waals surface area (Å²) in [6.45, 7) is 0. The third-order valence-corrected chi connectivity index (χ3v) is 1.63. The highest BCUT2D eigenvalue weighted by Gasteiger charge is 1.92. The van der Waals surface area contributed by atoms with Crippen molar-refractivity contribution in [3.05, 3.63) is 30.1 Å². The summed E-state index contributed by atoms with van der Waals surface area (Å²) in [7, 11) is 0. The minimum atomic E-state index is -2.33. The van der Waals surface area contributed by atoms with Gasteiger partial charge in [-0.25, -0.2) is 4.39 Å². The number of benzene rings is 1. The van der Waals surface area contributed by atoms with Crippen LogP contribution in [0.5, 0.6) is 0 Å². The van der Waals surface area contributed by atoms with Gasteiger partial charge in [0.05, 0.1) is 0 Å². The van der Waals surface area contributed by atoms with Gasteiger partial charge in [0, 0.05) is 4.90 Å². The first kappa shape index (κ1) is 7.37. The summed E-state index contributed by atoms with van der Waals surface area (Å²) in [4.78, 5) is -0.0278. The Labute approximate surface area is 60.0 Å². The Hall–Kier alpha value is -0.740. The lowest BCUT2D eigenvalue weighted by atomic mass is 10.4. The molecule has 1 unspecified atom stereocenters. The molecule has 0 saturated heterocycles. The third kappa shape index (κ3) is 1.62. The average Bonchev–Trinajstić information content (AvgIpc) is 1.88. The first-order valence-corrected chi connectivity index (χ1v) is 3.62. The van der Waals surface area contributed by atoms with Crippen molar-refractivity contribution in [3.8, 4) is 0 Å². The van der Waals surface area contributed by atoms with E-state index in [2.05, 4.69) is 0 Å². The van der Waals surface area contributed by atoms with E-state index in [0.717, 1.165) is 6.07 Å². The van der Waals surface area contributed by atoms with Gasteiger partial charge in [-0.05, 0) is 29.3 Å². The second kappa shape index (κ2) is 2.90. The van der Waals surface area contributed by atoms with Crippen molar-refractivity contribution in [2.75, 3.05) is 0 Å². The van der Waals surface area contributed by atoms with Crippen LogP contribution in [0.15, 0.2) is 29.2 Å². The lowest BCUT2D eigenvalue weighted by molar-refractivity contribution is 0.535. The average molecular weight is 159 g/mol. The van der Waals surface area contributed by atoms with Crippen LogP contribution in [0.25, 0.3) is 0 Å². The van der Waals surface area contributed by atoms with E-state index in [1.165, 1.54) is 18.2 Å². The van der Waals surface area contributed by atoms with E-state index in [1.807, 2.05) is 0 Å². The molecule has 1 aromatic carbocycles. The van der Waals surface area contributed by atoms with Crippen LogP contribution >= 0.6 is 0 Å². The van der Waals surface area contributed by atoms with Gasteiger partial charge in [-0.2, -0.15) is 0 Å². The molecule has 0 spiro atoms.